The van der Waals surface area contributed by atoms with Gasteiger partial charge >= 0.3 is 6.03 Å². The minimum atomic E-state index is -0.159. The second kappa shape index (κ2) is 7.67. The van der Waals surface area contributed by atoms with E-state index < -0.39 is 0 Å². The lowest BCUT2D eigenvalue weighted by Gasteiger charge is -2.11. The van der Waals surface area contributed by atoms with E-state index in [1.165, 1.54) is 5.56 Å². The third-order valence-corrected chi connectivity index (χ3v) is 2.62. The maximum absolute atomic E-state index is 11.3. The average Bonchev–Trinajstić information content (AvgIpc) is 2.34. The first-order valence-electron chi connectivity index (χ1n) is 6.76. The Labute approximate surface area is 115 Å². The number of amides is 2. The van der Waals surface area contributed by atoms with Crippen LogP contribution in [0.15, 0.2) is 24.3 Å². The van der Waals surface area contributed by atoms with Crippen molar-refractivity contribution in [2.45, 2.75) is 39.7 Å². The zero-order valence-corrected chi connectivity index (χ0v) is 12.2. The van der Waals surface area contributed by atoms with E-state index in [1.54, 1.807) is 0 Å². The molecule has 0 atom stereocenters. The molecule has 0 radical (unpaired) electrons. The molecule has 4 heteroatoms. The Balaban J connectivity index is 2.24. The van der Waals surface area contributed by atoms with Crippen LogP contribution in [0, 0.1) is 0 Å². The topological polar surface area (TPSA) is 50.4 Å². The number of carbonyl (C=O) groups is 1. The summed E-state index contributed by atoms with van der Waals surface area (Å²) in [6.07, 6.45) is 0. The molecule has 1 aromatic rings. The van der Waals surface area contributed by atoms with Gasteiger partial charge in [-0.3, -0.25) is 0 Å². The number of nitrogens with one attached hydrogen (secondary N) is 2. The number of rotatable bonds is 6. The predicted octanol–water partition coefficient (Wildman–Crippen LogP) is 2.90. The minimum absolute atomic E-state index is 0.143. The second-order valence-electron chi connectivity index (χ2n) is 5.13. The zero-order valence-electron chi connectivity index (χ0n) is 12.2. The summed E-state index contributed by atoms with van der Waals surface area (Å²) < 4.78 is 5.55. The molecule has 0 unspecified atom stereocenters. The molecule has 0 aliphatic rings. The Morgan fingerprint density at radius 2 is 1.79 bits per heavy atom. The highest BCUT2D eigenvalue weighted by Crippen LogP contribution is 2.18. The number of carbonyl (C=O) groups excluding carboxylic acids is 1. The van der Waals surface area contributed by atoms with Gasteiger partial charge in [-0.1, -0.05) is 26.0 Å². The maximum atomic E-state index is 11.3. The van der Waals surface area contributed by atoms with E-state index in [1.807, 2.05) is 26.0 Å². The molecule has 106 valence electrons. The van der Waals surface area contributed by atoms with Crippen LogP contribution in [-0.2, 0) is 0 Å². The first-order valence-corrected chi connectivity index (χ1v) is 6.76. The number of urea groups is 1. The van der Waals surface area contributed by atoms with Crippen LogP contribution in [0.1, 0.15) is 39.2 Å². The fourth-order valence-electron chi connectivity index (χ4n) is 1.60. The molecule has 0 heterocycles. The summed E-state index contributed by atoms with van der Waals surface area (Å²) in [5.41, 5.74) is 1.29. The van der Waals surface area contributed by atoms with Crippen LogP contribution >= 0.6 is 0 Å². The smallest absolute Gasteiger partial charge is 0.315 e. The summed E-state index contributed by atoms with van der Waals surface area (Å²) in [7, 11) is 0. The van der Waals surface area contributed by atoms with Gasteiger partial charge in [0.25, 0.3) is 0 Å². The van der Waals surface area contributed by atoms with Crippen LogP contribution in [0.4, 0.5) is 4.79 Å². The van der Waals surface area contributed by atoms with Gasteiger partial charge in [0, 0.05) is 6.04 Å². The van der Waals surface area contributed by atoms with Crippen molar-refractivity contribution in [1.29, 1.82) is 0 Å². The van der Waals surface area contributed by atoms with Crippen molar-refractivity contribution in [1.82, 2.24) is 10.6 Å². The van der Waals surface area contributed by atoms with Crippen LogP contribution in [0.3, 0.4) is 0 Å². The molecular formula is C15H24N2O2. The molecule has 0 fully saturated rings. The summed E-state index contributed by atoms with van der Waals surface area (Å²) in [6, 6.07) is 8.04. The standard InChI is InChI=1S/C15H24N2O2/c1-11(2)13-5-7-14(8-6-13)19-10-9-16-15(18)17-12(3)4/h5-8,11-12H,9-10H2,1-4H3,(H2,16,17,18). The molecule has 2 N–H and O–H groups in total. The highest BCUT2D eigenvalue weighted by molar-refractivity contribution is 5.74. The summed E-state index contributed by atoms with van der Waals surface area (Å²) in [4.78, 5) is 11.3. The van der Waals surface area contributed by atoms with Gasteiger partial charge in [0.15, 0.2) is 0 Å². The van der Waals surface area contributed by atoms with Crippen LogP contribution in [0.25, 0.3) is 0 Å². The third-order valence-electron chi connectivity index (χ3n) is 2.62. The maximum Gasteiger partial charge on any atom is 0.315 e. The number of ether oxygens (including phenoxy) is 1. The van der Waals surface area contributed by atoms with Crippen molar-refractivity contribution in [3.05, 3.63) is 29.8 Å². The minimum Gasteiger partial charge on any atom is -0.492 e. The van der Waals surface area contributed by atoms with E-state index in [4.69, 9.17) is 4.74 Å². The van der Waals surface area contributed by atoms with Crippen molar-refractivity contribution < 1.29 is 9.53 Å². The molecule has 0 aliphatic carbocycles. The lowest BCUT2D eigenvalue weighted by molar-refractivity contribution is 0.234. The van der Waals surface area contributed by atoms with Gasteiger partial charge in [0.05, 0.1) is 6.54 Å². The Morgan fingerprint density at radius 3 is 2.32 bits per heavy atom. The van der Waals surface area contributed by atoms with Gasteiger partial charge in [-0.2, -0.15) is 0 Å². The van der Waals surface area contributed by atoms with E-state index in [-0.39, 0.29) is 12.1 Å². The Bertz CT molecular complexity index is 386. The Hall–Kier alpha value is -1.71. The molecule has 0 saturated carbocycles. The van der Waals surface area contributed by atoms with Crippen molar-refractivity contribution in [2.75, 3.05) is 13.2 Å². The van der Waals surface area contributed by atoms with Crippen molar-refractivity contribution in [2.24, 2.45) is 0 Å². The summed E-state index contributed by atoms with van der Waals surface area (Å²) in [5.74, 6) is 1.35. The Morgan fingerprint density at radius 1 is 1.16 bits per heavy atom. The monoisotopic (exact) mass is 264 g/mol. The van der Waals surface area contributed by atoms with Crippen LogP contribution < -0.4 is 15.4 Å². The summed E-state index contributed by atoms with van der Waals surface area (Å²) in [6.45, 7) is 9.12. The van der Waals surface area contributed by atoms with Crippen LogP contribution in [-0.4, -0.2) is 25.2 Å². The molecular weight excluding hydrogens is 240 g/mol. The number of benzene rings is 1. The Kier molecular flexibility index (Phi) is 6.19. The lowest BCUT2D eigenvalue weighted by Crippen LogP contribution is -2.41. The van der Waals surface area contributed by atoms with Crippen LogP contribution in [0.2, 0.25) is 0 Å². The van der Waals surface area contributed by atoms with Crippen molar-refractivity contribution in [3.8, 4) is 5.75 Å². The lowest BCUT2D eigenvalue weighted by atomic mass is 10.0. The molecule has 0 spiro atoms. The molecule has 0 saturated heterocycles. The quantitative estimate of drug-likeness (QED) is 0.776. The van der Waals surface area contributed by atoms with E-state index in [9.17, 15) is 4.79 Å². The average molecular weight is 264 g/mol. The normalized spacial score (nSPS) is 10.6. The van der Waals surface area contributed by atoms with Crippen LogP contribution in [0.5, 0.6) is 5.75 Å². The van der Waals surface area contributed by atoms with Gasteiger partial charge in [-0.05, 0) is 37.5 Å². The molecule has 4 nitrogen and oxygen atoms in total. The number of hydrogen-bond donors (Lipinski definition) is 2. The van der Waals surface area contributed by atoms with Crippen molar-refractivity contribution >= 4 is 6.03 Å². The van der Waals surface area contributed by atoms with Gasteiger partial charge in [-0.25, -0.2) is 4.79 Å². The first kappa shape index (κ1) is 15.3. The molecule has 2 amide bonds. The summed E-state index contributed by atoms with van der Waals surface area (Å²) >= 11 is 0. The fraction of sp³-hybridized carbons (Fsp3) is 0.533. The predicted molar refractivity (Wildman–Crippen MR) is 77.7 cm³/mol. The van der Waals surface area contributed by atoms with Gasteiger partial charge in [0.1, 0.15) is 12.4 Å². The zero-order chi connectivity index (χ0) is 14.3. The third kappa shape index (κ3) is 6.13. The highest BCUT2D eigenvalue weighted by Gasteiger charge is 2.02. The van der Waals surface area contributed by atoms with Gasteiger partial charge in [0.2, 0.25) is 0 Å². The molecule has 0 aliphatic heterocycles. The van der Waals surface area contributed by atoms with E-state index in [0.29, 0.717) is 19.1 Å². The first-order chi connectivity index (χ1) is 8.99. The molecule has 1 aromatic carbocycles. The fourth-order valence-corrected chi connectivity index (χ4v) is 1.60. The largest absolute Gasteiger partial charge is 0.492 e. The van der Waals surface area contributed by atoms with E-state index >= 15 is 0 Å². The van der Waals surface area contributed by atoms with E-state index in [0.717, 1.165) is 5.75 Å². The SMILES string of the molecule is CC(C)NC(=O)NCCOc1ccc(C(C)C)cc1. The molecule has 19 heavy (non-hydrogen) atoms. The second-order valence-corrected chi connectivity index (χ2v) is 5.13. The molecule has 0 aromatic heterocycles. The van der Waals surface area contributed by atoms with Gasteiger partial charge < -0.3 is 15.4 Å². The summed E-state index contributed by atoms with van der Waals surface area (Å²) in [5, 5.41) is 5.49. The number of hydrogen-bond acceptors (Lipinski definition) is 2. The van der Waals surface area contributed by atoms with Gasteiger partial charge in [-0.15, -0.1) is 0 Å². The van der Waals surface area contributed by atoms with E-state index in [2.05, 4.69) is 36.6 Å². The van der Waals surface area contributed by atoms with Crippen molar-refractivity contribution in [3.63, 3.8) is 0 Å². The molecule has 0 bridgehead atoms. The molecule has 1 rings (SSSR count). The highest BCUT2D eigenvalue weighted by atomic mass is 16.5.